The van der Waals surface area contributed by atoms with Crippen LogP contribution in [0.4, 0.5) is 0 Å². The number of fused-ring (bicyclic) bond motifs is 1. The average molecular weight is 308 g/mol. The van der Waals surface area contributed by atoms with Crippen molar-refractivity contribution < 1.29 is 4.74 Å². The van der Waals surface area contributed by atoms with Gasteiger partial charge in [0.25, 0.3) is 0 Å². The average Bonchev–Trinajstić information content (AvgIpc) is 3.09. The van der Waals surface area contributed by atoms with Gasteiger partial charge >= 0.3 is 0 Å². The van der Waals surface area contributed by atoms with E-state index >= 15 is 0 Å². The number of rotatable bonds is 7. The fraction of sp³-hybridized carbons (Fsp3) is 0.824. The molecule has 0 saturated heterocycles. The standard InChI is InChI=1S/C17H28N2OS/c1-20-11-10-18-15(12-13-6-3-2-4-7-13)17-19-14-8-5-9-16(14)21-17/h13,15,18H,2-12H2,1H3. The predicted molar refractivity (Wildman–Crippen MR) is 88.0 cm³/mol. The van der Waals surface area contributed by atoms with E-state index in [-0.39, 0.29) is 0 Å². The third kappa shape index (κ3) is 4.05. The summed E-state index contributed by atoms with van der Waals surface area (Å²) in [6.45, 7) is 1.71. The molecule has 1 fully saturated rings. The van der Waals surface area contributed by atoms with Crippen LogP contribution in [0.5, 0.6) is 0 Å². The zero-order valence-electron chi connectivity index (χ0n) is 13.2. The number of hydrogen-bond donors (Lipinski definition) is 1. The molecule has 118 valence electrons. The van der Waals surface area contributed by atoms with Crippen molar-refractivity contribution in [2.75, 3.05) is 20.3 Å². The van der Waals surface area contributed by atoms with E-state index in [4.69, 9.17) is 9.72 Å². The Hall–Kier alpha value is -0.450. The summed E-state index contributed by atoms with van der Waals surface area (Å²) < 4.78 is 5.20. The lowest BCUT2D eigenvalue weighted by Crippen LogP contribution is -2.27. The highest BCUT2D eigenvalue weighted by atomic mass is 32.1. The first-order chi connectivity index (χ1) is 10.4. The molecule has 1 N–H and O–H groups in total. The summed E-state index contributed by atoms with van der Waals surface area (Å²) >= 11 is 1.96. The number of nitrogens with zero attached hydrogens (tertiary/aromatic N) is 1. The van der Waals surface area contributed by atoms with Gasteiger partial charge in [-0.15, -0.1) is 11.3 Å². The van der Waals surface area contributed by atoms with Crippen LogP contribution in [0.2, 0.25) is 0 Å². The molecule has 3 nitrogen and oxygen atoms in total. The van der Waals surface area contributed by atoms with Crippen LogP contribution in [0.3, 0.4) is 0 Å². The zero-order valence-corrected chi connectivity index (χ0v) is 14.0. The number of methoxy groups -OCH3 is 1. The van der Waals surface area contributed by atoms with Crippen LogP contribution >= 0.6 is 11.3 Å². The van der Waals surface area contributed by atoms with E-state index in [1.54, 1.807) is 12.0 Å². The van der Waals surface area contributed by atoms with Crippen molar-refractivity contribution in [3.8, 4) is 0 Å². The lowest BCUT2D eigenvalue weighted by molar-refractivity contribution is 0.191. The molecule has 4 heteroatoms. The molecular formula is C17H28N2OS. The van der Waals surface area contributed by atoms with Gasteiger partial charge in [0.05, 0.1) is 18.3 Å². The maximum Gasteiger partial charge on any atom is 0.110 e. The van der Waals surface area contributed by atoms with Gasteiger partial charge in [-0.05, 0) is 31.6 Å². The summed E-state index contributed by atoms with van der Waals surface area (Å²) in [4.78, 5) is 6.50. The van der Waals surface area contributed by atoms with Crippen molar-refractivity contribution in [3.05, 3.63) is 15.6 Å². The predicted octanol–water partition coefficient (Wildman–Crippen LogP) is 3.88. The molecule has 1 unspecified atom stereocenters. The minimum Gasteiger partial charge on any atom is -0.383 e. The van der Waals surface area contributed by atoms with Crippen molar-refractivity contribution in [3.63, 3.8) is 0 Å². The summed E-state index contributed by atoms with van der Waals surface area (Å²) in [5.74, 6) is 0.887. The minimum atomic E-state index is 0.443. The Balaban J connectivity index is 1.64. The van der Waals surface area contributed by atoms with Crippen molar-refractivity contribution in [2.45, 2.75) is 63.8 Å². The van der Waals surface area contributed by atoms with Crippen molar-refractivity contribution in [1.29, 1.82) is 0 Å². The Morgan fingerprint density at radius 3 is 2.86 bits per heavy atom. The molecule has 0 radical (unpaired) electrons. The molecule has 3 rings (SSSR count). The van der Waals surface area contributed by atoms with E-state index in [0.29, 0.717) is 6.04 Å². The molecule has 2 aliphatic rings. The lowest BCUT2D eigenvalue weighted by atomic mass is 9.85. The molecule has 1 atom stereocenters. The minimum absolute atomic E-state index is 0.443. The number of thiazole rings is 1. The van der Waals surface area contributed by atoms with Crippen LogP contribution < -0.4 is 5.32 Å². The van der Waals surface area contributed by atoms with Crippen molar-refractivity contribution in [1.82, 2.24) is 10.3 Å². The summed E-state index contributed by atoms with van der Waals surface area (Å²) in [7, 11) is 1.77. The van der Waals surface area contributed by atoms with Gasteiger partial charge in [0.1, 0.15) is 5.01 Å². The second kappa shape index (κ2) is 7.70. The molecule has 0 aromatic carbocycles. The van der Waals surface area contributed by atoms with Gasteiger partial charge in [-0.25, -0.2) is 4.98 Å². The SMILES string of the molecule is COCCNC(CC1CCCCC1)c1nc2c(s1)CCC2. The molecule has 1 aromatic rings. The monoisotopic (exact) mass is 308 g/mol. The zero-order chi connectivity index (χ0) is 14.5. The van der Waals surface area contributed by atoms with Crippen LogP contribution in [0.25, 0.3) is 0 Å². The van der Waals surface area contributed by atoms with Crippen molar-refractivity contribution in [2.24, 2.45) is 5.92 Å². The van der Waals surface area contributed by atoms with Gasteiger partial charge in [-0.3, -0.25) is 0 Å². The second-order valence-electron chi connectivity index (χ2n) is 6.51. The first kappa shape index (κ1) is 15.4. The summed E-state index contributed by atoms with van der Waals surface area (Å²) in [6, 6.07) is 0.443. The van der Waals surface area contributed by atoms with E-state index < -0.39 is 0 Å². The third-order valence-corrected chi connectivity index (χ3v) is 6.17. The van der Waals surface area contributed by atoms with Gasteiger partial charge < -0.3 is 10.1 Å². The van der Waals surface area contributed by atoms with Gasteiger partial charge in [-0.1, -0.05) is 32.1 Å². The molecular weight excluding hydrogens is 280 g/mol. The highest BCUT2D eigenvalue weighted by molar-refractivity contribution is 7.11. The Labute approximate surface area is 132 Å². The Bertz CT molecular complexity index is 418. The Kier molecular flexibility index (Phi) is 5.67. The second-order valence-corrected chi connectivity index (χ2v) is 7.63. The van der Waals surface area contributed by atoms with Gasteiger partial charge in [0, 0.05) is 18.5 Å². The number of aryl methyl sites for hydroxylation is 2. The lowest BCUT2D eigenvalue weighted by Gasteiger charge is -2.26. The fourth-order valence-corrected chi connectivity index (χ4v) is 4.96. The Morgan fingerprint density at radius 2 is 2.10 bits per heavy atom. The molecule has 1 saturated carbocycles. The highest BCUT2D eigenvalue weighted by Crippen LogP contribution is 2.36. The number of hydrogen-bond acceptors (Lipinski definition) is 4. The maximum absolute atomic E-state index is 5.20. The van der Waals surface area contributed by atoms with Crippen LogP contribution in [0, 0.1) is 5.92 Å². The number of aromatic nitrogens is 1. The van der Waals surface area contributed by atoms with Crippen LogP contribution in [0.1, 0.15) is 66.6 Å². The van der Waals surface area contributed by atoms with E-state index in [1.807, 2.05) is 11.3 Å². The largest absolute Gasteiger partial charge is 0.383 e. The summed E-state index contributed by atoms with van der Waals surface area (Å²) in [5, 5.41) is 5.03. The van der Waals surface area contributed by atoms with E-state index in [1.165, 1.54) is 68.5 Å². The molecule has 21 heavy (non-hydrogen) atoms. The van der Waals surface area contributed by atoms with Gasteiger partial charge in [-0.2, -0.15) is 0 Å². The third-order valence-electron chi connectivity index (χ3n) is 4.90. The van der Waals surface area contributed by atoms with Gasteiger partial charge in [0.15, 0.2) is 0 Å². The van der Waals surface area contributed by atoms with E-state index in [9.17, 15) is 0 Å². The van der Waals surface area contributed by atoms with Gasteiger partial charge in [0.2, 0.25) is 0 Å². The molecule has 0 aliphatic heterocycles. The quantitative estimate of drug-likeness (QED) is 0.776. The first-order valence-corrected chi connectivity index (χ1v) is 9.39. The molecule has 0 amide bonds. The van der Waals surface area contributed by atoms with Crippen LogP contribution in [-0.2, 0) is 17.6 Å². The molecule has 1 aromatic heterocycles. The topological polar surface area (TPSA) is 34.1 Å². The van der Waals surface area contributed by atoms with E-state index in [0.717, 1.165) is 19.1 Å². The highest BCUT2D eigenvalue weighted by Gasteiger charge is 2.25. The molecule has 2 aliphatic carbocycles. The van der Waals surface area contributed by atoms with Crippen LogP contribution in [-0.4, -0.2) is 25.2 Å². The smallest absolute Gasteiger partial charge is 0.110 e. The first-order valence-electron chi connectivity index (χ1n) is 8.57. The maximum atomic E-state index is 5.20. The molecule has 0 bridgehead atoms. The molecule has 0 spiro atoms. The van der Waals surface area contributed by atoms with Crippen molar-refractivity contribution >= 4 is 11.3 Å². The molecule has 1 heterocycles. The Morgan fingerprint density at radius 1 is 1.24 bits per heavy atom. The van der Waals surface area contributed by atoms with E-state index in [2.05, 4.69) is 5.32 Å². The summed E-state index contributed by atoms with van der Waals surface area (Å²) in [6.07, 6.45) is 12.1. The van der Waals surface area contributed by atoms with Crippen LogP contribution in [0.15, 0.2) is 0 Å². The normalized spacial score (nSPS) is 20.6. The summed E-state index contributed by atoms with van der Waals surface area (Å²) in [5.41, 5.74) is 1.39. The number of ether oxygens (including phenoxy) is 1. The fourth-order valence-electron chi connectivity index (χ4n) is 3.72. The number of nitrogens with one attached hydrogen (secondary N) is 1.